The fourth-order valence-electron chi connectivity index (χ4n) is 0.962. The Kier molecular flexibility index (Phi) is 3.67. The molecule has 0 bridgehead atoms. The second-order valence-electron chi connectivity index (χ2n) is 2.63. The van der Waals surface area contributed by atoms with Gasteiger partial charge in [0.15, 0.2) is 0 Å². The van der Waals surface area contributed by atoms with Gasteiger partial charge in [0.1, 0.15) is 0 Å². The fourth-order valence-corrected chi connectivity index (χ4v) is 0.962. The molecule has 0 heterocycles. The average molecular weight is 191 g/mol. The molecule has 0 saturated heterocycles. The van der Waals surface area contributed by atoms with Gasteiger partial charge >= 0.3 is 12.4 Å². The van der Waals surface area contributed by atoms with Crippen LogP contribution in [0.15, 0.2) is 30.3 Å². The Hall–Kier alpha value is -1.84. The first-order valence-corrected chi connectivity index (χ1v) is 4.29. The molecule has 1 aromatic rings. The molecular formula is C10H11N2O2. The van der Waals surface area contributed by atoms with Crippen LogP contribution in [0.4, 0.5) is 10.5 Å². The van der Waals surface area contributed by atoms with Crippen LogP contribution < -0.4 is 5.32 Å². The van der Waals surface area contributed by atoms with Gasteiger partial charge in [-0.3, -0.25) is 9.69 Å². The SMILES string of the molecule is CCN([C]=O)C(=O)Nc1ccccc1. The Morgan fingerprint density at radius 1 is 1.43 bits per heavy atom. The van der Waals surface area contributed by atoms with Crippen LogP contribution in [0.5, 0.6) is 0 Å². The summed E-state index contributed by atoms with van der Waals surface area (Å²) in [7, 11) is 0. The molecular weight excluding hydrogens is 180 g/mol. The summed E-state index contributed by atoms with van der Waals surface area (Å²) < 4.78 is 0. The highest BCUT2D eigenvalue weighted by Crippen LogP contribution is 2.05. The normalized spacial score (nSPS) is 9.21. The van der Waals surface area contributed by atoms with Crippen molar-refractivity contribution in [3.05, 3.63) is 30.3 Å². The number of urea groups is 1. The van der Waals surface area contributed by atoms with Gasteiger partial charge in [0, 0.05) is 12.2 Å². The van der Waals surface area contributed by atoms with Crippen molar-refractivity contribution in [2.75, 3.05) is 11.9 Å². The summed E-state index contributed by atoms with van der Waals surface area (Å²) in [5.74, 6) is 0. The second kappa shape index (κ2) is 5.01. The van der Waals surface area contributed by atoms with Gasteiger partial charge < -0.3 is 5.32 Å². The van der Waals surface area contributed by atoms with Gasteiger partial charge in [-0.2, -0.15) is 0 Å². The molecule has 4 heteroatoms. The number of imide groups is 1. The molecule has 3 amide bonds. The van der Waals surface area contributed by atoms with Gasteiger partial charge in [-0.05, 0) is 19.1 Å². The molecule has 0 fully saturated rings. The Balaban J connectivity index is 2.61. The maximum absolute atomic E-state index is 11.3. The van der Waals surface area contributed by atoms with E-state index in [2.05, 4.69) is 5.32 Å². The van der Waals surface area contributed by atoms with E-state index in [-0.39, 0.29) is 0 Å². The first kappa shape index (κ1) is 10.2. The minimum atomic E-state index is -0.464. The van der Waals surface area contributed by atoms with E-state index in [9.17, 15) is 9.59 Å². The molecule has 4 nitrogen and oxygen atoms in total. The summed E-state index contributed by atoms with van der Waals surface area (Å²) in [6.07, 6.45) is 1.54. The molecule has 0 aliphatic rings. The Morgan fingerprint density at radius 2 is 2.07 bits per heavy atom. The molecule has 0 unspecified atom stereocenters. The topological polar surface area (TPSA) is 49.4 Å². The van der Waals surface area contributed by atoms with E-state index in [1.807, 2.05) is 6.07 Å². The molecule has 73 valence electrons. The highest BCUT2D eigenvalue weighted by atomic mass is 16.2. The third kappa shape index (κ3) is 2.58. The number of anilines is 1. The molecule has 0 atom stereocenters. The summed E-state index contributed by atoms with van der Waals surface area (Å²) >= 11 is 0. The summed E-state index contributed by atoms with van der Waals surface area (Å²) in [5.41, 5.74) is 0.659. The maximum Gasteiger partial charge on any atom is 0.328 e. The monoisotopic (exact) mass is 191 g/mol. The summed E-state index contributed by atoms with van der Waals surface area (Å²) in [4.78, 5) is 22.6. The first-order valence-electron chi connectivity index (χ1n) is 4.29. The van der Waals surface area contributed by atoms with Gasteiger partial charge in [-0.15, -0.1) is 0 Å². The third-order valence-electron chi connectivity index (χ3n) is 1.70. The van der Waals surface area contributed by atoms with Crippen molar-refractivity contribution in [1.29, 1.82) is 0 Å². The van der Waals surface area contributed by atoms with Crippen LogP contribution >= 0.6 is 0 Å². The molecule has 1 aromatic carbocycles. The van der Waals surface area contributed by atoms with Crippen molar-refractivity contribution < 1.29 is 9.59 Å². The average Bonchev–Trinajstić information content (AvgIpc) is 2.21. The lowest BCUT2D eigenvalue weighted by atomic mass is 10.3. The van der Waals surface area contributed by atoms with Crippen LogP contribution in [0.3, 0.4) is 0 Å². The summed E-state index contributed by atoms with van der Waals surface area (Å²) in [6, 6.07) is 8.48. The van der Waals surface area contributed by atoms with Crippen LogP contribution in [0.25, 0.3) is 0 Å². The van der Waals surface area contributed by atoms with E-state index in [0.29, 0.717) is 12.2 Å². The number of amides is 3. The summed E-state index contributed by atoms with van der Waals surface area (Å²) in [5, 5.41) is 2.57. The zero-order chi connectivity index (χ0) is 10.4. The minimum Gasteiger partial charge on any atom is -0.307 e. The second-order valence-corrected chi connectivity index (χ2v) is 2.63. The highest BCUT2D eigenvalue weighted by molar-refractivity contribution is 5.95. The van der Waals surface area contributed by atoms with Gasteiger partial charge in [0.2, 0.25) is 0 Å². The minimum absolute atomic E-state index is 0.308. The van der Waals surface area contributed by atoms with Crippen LogP contribution in [-0.2, 0) is 4.79 Å². The number of hydrogen-bond acceptors (Lipinski definition) is 2. The molecule has 1 rings (SSSR count). The predicted molar refractivity (Wildman–Crippen MR) is 53.5 cm³/mol. The molecule has 0 aromatic heterocycles. The lowest BCUT2D eigenvalue weighted by Gasteiger charge is -2.12. The number of rotatable bonds is 3. The zero-order valence-corrected chi connectivity index (χ0v) is 7.86. The van der Waals surface area contributed by atoms with Crippen molar-refractivity contribution >= 4 is 18.1 Å². The standard InChI is InChI=1S/C10H11N2O2/c1-2-12(8-13)10(14)11-9-6-4-3-5-7-9/h3-7H,2H2,1H3,(H,11,14). The van der Waals surface area contributed by atoms with Gasteiger partial charge in [0.05, 0.1) is 0 Å². The van der Waals surface area contributed by atoms with Crippen molar-refractivity contribution in [1.82, 2.24) is 4.90 Å². The molecule has 1 N–H and O–H groups in total. The third-order valence-corrected chi connectivity index (χ3v) is 1.70. The quantitative estimate of drug-likeness (QED) is 0.738. The number of nitrogens with one attached hydrogen (secondary N) is 1. The molecule has 0 saturated carbocycles. The van der Waals surface area contributed by atoms with Crippen molar-refractivity contribution in [3.63, 3.8) is 0 Å². The van der Waals surface area contributed by atoms with E-state index in [4.69, 9.17) is 0 Å². The predicted octanol–water partition coefficient (Wildman–Crippen LogP) is 1.61. The molecule has 0 spiro atoms. The lowest BCUT2D eigenvalue weighted by Crippen LogP contribution is -2.33. The molecule has 14 heavy (non-hydrogen) atoms. The number of para-hydroxylation sites is 1. The fraction of sp³-hybridized carbons (Fsp3) is 0.200. The van der Waals surface area contributed by atoms with E-state index >= 15 is 0 Å². The number of benzene rings is 1. The Bertz CT molecular complexity index is 311. The van der Waals surface area contributed by atoms with E-state index < -0.39 is 6.03 Å². The van der Waals surface area contributed by atoms with Crippen LogP contribution in [0, 0.1) is 0 Å². The zero-order valence-electron chi connectivity index (χ0n) is 7.86. The van der Waals surface area contributed by atoms with Gasteiger partial charge in [-0.25, -0.2) is 4.79 Å². The van der Waals surface area contributed by atoms with Crippen LogP contribution in [0.1, 0.15) is 6.92 Å². The molecule has 1 radical (unpaired) electrons. The number of carbonyl (C=O) groups is 1. The smallest absolute Gasteiger partial charge is 0.307 e. The Labute approximate surface area is 82.5 Å². The maximum atomic E-state index is 11.3. The van der Waals surface area contributed by atoms with E-state index in [1.165, 1.54) is 0 Å². The largest absolute Gasteiger partial charge is 0.328 e. The molecule has 0 aliphatic carbocycles. The number of carbonyl (C=O) groups excluding carboxylic acids is 2. The summed E-state index contributed by atoms with van der Waals surface area (Å²) in [6.45, 7) is 2.01. The van der Waals surface area contributed by atoms with E-state index in [0.717, 1.165) is 4.90 Å². The van der Waals surface area contributed by atoms with E-state index in [1.54, 1.807) is 37.6 Å². The van der Waals surface area contributed by atoms with Gasteiger partial charge in [-0.1, -0.05) is 18.2 Å². The highest BCUT2D eigenvalue weighted by Gasteiger charge is 2.10. The van der Waals surface area contributed by atoms with Crippen molar-refractivity contribution in [3.8, 4) is 0 Å². The number of hydrogen-bond donors (Lipinski definition) is 1. The molecule has 0 aliphatic heterocycles. The van der Waals surface area contributed by atoms with Crippen molar-refractivity contribution in [2.45, 2.75) is 6.92 Å². The first-order chi connectivity index (χ1) is 6.77. The van der Waals surface area contributed by atoms with Gasteiger partial charge in [0.25, 0.3) is 0 Å². The van der Waals surface area contributed by atoms with Crippen LogP contribution in [0.2, 0.25) is 0 Å². The van der Waals surface area contributed by atoms with Crippen molar-refractivity contribution in [2.24, 2.45) is 0 Å². The number of nitrogens with zero attached hydrogens (tertiary/aromatic N) is 1. The Morgan fingerprint density at radius 3 is 2.57 bits per heavy atom. The van der Waals surface area contributed by atoms with Crippen LogP contribution in [-0.4, -0.2) is 23.9 Å². The lowest BCUT2D eigenvalue weighted by molar-refractivity contribution is 0.233.